The summed E-state index contributed by atoms with van der Waals surface area (Å²) in [5.74, 6) is 0.845. The highest BCUT2D eigenvalue weighted by atomic mass is 16.2. The van der Waals surface area contributed by atoms with Crippen LogP contribution in [0.2, 0.25) is 0 Å². The lowest BCUT2D eigenvalue weighted by Gasteiger charge is -2.35. The number of tetrazole rings is 1. The molecule has 0 bridgehead atoms. The quantitative estimate of drug-likeness (QED) is 0.279. The molecule has 7 rings (SSSR count). The summed E-state index contributed by atoms with van der Waals surface area (Å²) in [6.07, 6.45) is 7.49. The van der Waals surface area contributed by atoms with Crippen LogP contribution in [0.5, 0.6) is 0 Å². The van der Waals surface area contributed by atoms with Gasteiger partial charge in [0.25, 0.3) is 5.91 Å². The van der Waals surface area contributed by atoms with E-state index in [2.05, 4.69) is 44.1 Å². The Morgan fingerprint density at radius 1 is 0.956 bits per heavy atom. The number of benzene rings is 2. The first-order valence-corrected chi connectivity index (χ1v) is 16.2. The highest BCUT2D eigenvalue weighted by Crippen LogP contribution is 2.46. The Hall–Kier alpha value is -4.43. The number of likely N-dealkylation sites (tertiary alicyclic amines) is 2. The summed E-state index contributed by atoms with van der Waals surface area (Å²) in [7, 11) is 0. The topological polar surface area (TPSA) is 148 Å². The summed E-state index contributed by atoms with van der Waals surface area (Å²) in [6, 6.07) is 13.9. The molecule has 45 heavy (non-hydrogen) atoms. The maximum Gasteiger partial charge on any atom is 0.253 e. The van der Waals surface area contributed by atoms with Crippen molar-refractivity contribution in [1.82, 2.24) is 35.7 Å². The lowest BCUT2D eigenvalue weighted by Crippen LogP contribution is -2.42. The molecule has 2 aliphatic heterocycles. The van der Waals surface area contributed by atoms with E-state index in [1.54, 1.807) is 4.90 Å². The third-order valence-electron chi connectivity index (χ3n) is 10.4. The fourth-order valence-electron chi connectivity index (χ4n) is 7.50. The van der Waals surface area contributed by atoms with Gasteiger partial charge in [0.15, 0.2) is 11.6 Å². The maximum absolute atomic E-state index is 13.3. The van der Waals surface area contributed by atoms with Gasteiger partial charge in [0.2, 0.25) is 5.91 Å². The summed E-state index contributed by atoms with van der Waals surface area (Å²) < 4.78 is 0. The van der Waals surface area contributed by atoms with E-state index < -0.39 is 5.41 Å². The number of nitrogens with one attached hydrogen (secondary N) is 2. The second-order valence-corrected chi connectivity index (χ2v) is 12.8. The molecule has 2 unspecified atom stereocenters. The van der Waals surface area contributed by atoms with Crippen molar-refractivity contribution in [3.63, 3.8) is 0 Å². The number of ketones is 1. The van der Waals surface area contributed by atoms with Crippen molar-refractivity contribution in [3.8, 4) is 6.07 Å². The van der Waals surface area contributed by atoms with Crippen LogP contribution in [0.4, 0.5) is 0 Å². The van der Waals surface area contributed by atoms with Crippen LogP contribution in [0, 0.1) is 17.2 Å². The zero-order valence-electron chi connectivity index (χ0n) is 25.4. The second kappa shape index (κ2) is 12.2. The Morgan fingerprint density at radius 2 is 1.69 bits per heavy atom. The summed E-state index contributed by atoms with van der Waals surface area (Å²) in [5.41, 5.74) is 4.73. The predicted molar refractivity (Wildman–Crippen MR) is 164 cm³/mol. The molecule has 3 heterocycles. The van der Waals surface area contributed by atoms with E-state index in [9.17, 15) is 19.6 Å². The first-order chi connectivity index (χ1) is 22.0. The lowest BCUT2D eigenvalue weighted by molar-refractivity contribution is -0.130. The highest BCUT2D eigenvalue weighted by molar-refractivity contribution is 5.98. The molecule has 232 valence electrons. The minimum absolute atomic E-state index is 0.0453. The average molecular weight is 607 g/mol. The lowest BCUT2D eigenvalue weighted by atomic mass is 9.69. The Balaban J connectivity index is 1.26. The first-order valence-electron chi connectivity index (χ1n) is 16.2. The SMILES string of the molecule is N#CC1CCCN1C(=O)CNCCC1(c2nnn[nH]2)c2ccc(C(=O)C3CCC3)cc2CCc2cc(C(=O)N3CCC3)ccc21. The van der Waals surface area contributed by atoms with Crippen LogP contribution in [0.25, 0.3) is 0 Å². The Labute approximate surface area is 262 Å². The normalized spacial score (nSPS) is 22.4. The van der Waals surface area contributed by atoms with Crippen LogP contribution < -0.4 is 5.32 Å². The molecule has 0 radical (unpaired) electrons. The van der Waals surface area contributed by atoms with Crippen LogP contribution in [0.1, 0.15) is 93.7 Å². The van der Waals surface area contributed by atoms with Gasteiger partial charge in [0.05, 0.1) is 18.0 Å². The molecule has 4 aliphatic rings. The van der Waals surface area contributed by atoms with Crippen molar-refractivity contribution in [2.45, 2.75) is 69.2 Å². The van der Waals surface area contributed by atoms with Crippen LogP contribution in [0.3, 0.4) is 0 Å². The number of aryl methyl sites for hydroxylation is 2. The number of H-pyrrole nitrogens is 1. The molecule has 2 saturated heterocycles. The Bertz CT molecular complexity index is 1580. The van der Waals surface area contributed by atoms with Crippen molar-refractivity contribution in [2.24, 2.45) is 5.92 Å². The molecule has 1 aromatic heterocycles. The van der Waals surface area contributed by atoms with Gasteiger partial charge in [-0.05, 0) is 109 Å². The number of rotatable bonds is 9. The number of aromatic nitrogens is 4. The molecule has 1 saturated carbocycles. The number of fused-ring (bicyclic) bond motifs is 2. The van der Waals surface area contributed by atoms with E-state index in [0.717, 1.165) is 73.0 Å². The molecule has 11 heteroatoms. The van der Waals surface area contributed by atoms with E-state index in [1.165, 1.54) is 0 Å². The molecule has 2 aliphatic carbocycles. The largest absolute Gasteiger partial charge is 0.339 e. The molecule has 0 spiro atoms. The number of amides is 2. The molecule has 2 N–H and O–H groups in total. The molecule has 2 amide bonds. The average Bonchev–Trinajstić information content (AvgIpc) is 3.69. The highest BCUT2D eigenvalue weighted by Gasteiger charge is 2.44. The second-order valence-electron chi connectivity index (χ2n) is 12.8. The van der Waals surface area contributed by atoms with Gasteiger partial charge in [-0.2, -0.15) is 5.26 Å². The Morgan fingerprint density at radius 3 is 2.31 bits per heavy atom. The Kier molecular flexibility index (Phi) is 7.92. The summed E-state index contributed by atoms with van der Waals surface area (Å²) in [5, 5.41) is 28.3. The van der Waals surface area contributed by atoms with Gasteiger partial charge >= 0.3 is 0 Å². The third kappa shape index (κ3) is 5.21. The maximum atomic E-state index is 13.3. The van der Waals surface area contributed by atoms with Crippen LogP contribution in [-0.2, 0) is 23.1 Å². The zero-order valence-corrected chi connectivity index (χ0v) is 25.4. The number of nitrogens with zero attached hydrogens (tertiary/aromatic N) is 6. The first kappa shape index (κ1) is 29.3. The van der Waals surface area contributed by atoms with E-state index >= 15 is 0 Å². The molecular weight excluding hydrogens is 568 g/mol. The summed E-state index contributed by atoms with van der Waals surface area (Å²) in [6.45, 7) is 2.76. The van der Waals surface area contributed by atoms with E-state index in [0.29, 0.717) is 50.2 Å². The van der Waals surface area contributed by atoms with Gasteiger partial charge in [-0.15, -0.1) is 5.10 Å². The molecule has 3 aromatic rings. The smallest absolute Gasteiger partial charge is 0.253 e. The van der Waals surface area contributed by atoms with Crippen molar-refractivity contribution in [1.29, 1.82) is 5.26 Å². The minimum Gasteiger partial charge on any atom is -0.339 e. The number of aromatic amines is 1. The van der Waals surface area contributed by atoms with E-state index in [-0.39, 0.29) is 36.1 Å². The van der Waals surface area contributed by atoms with Crippen molar-refractivity contribution < 1.29 is 14.4 Å². The standard InChI is InChI=1S/C34H38N8O3/c35-20-27-6-2-17-42(27)30(43)21-36-14-13-34(33-37-39-40-38-33)28-11-9-25(31(44)22-4-1-5-22)18-23(28)7-8-24-19-26(10-12-29(24)34)32(45)41-15-3-16-41/h9-12,18-19,22,27,36H,1-8,13-17,21H2,(H,37,38,39,40). The number of Topliss-reactive ketones (excluding diaryl/α,β-unsaturated/α-hetero) is 1. The van der Waals surface area contributed by atoms with E-state index in [4.69, 9.17) is 0 Å². The molecule has 2 atom stereocenters. The number of carbonyl (C=O) groups excluding carboxylic acids is 3. The molecule has 2 aromatic carbocycles. The fourth-order valence-corrected chi connectivity index (χ4v) is 7.50. The number of nitriles is 1. The minimum atomic E-state index is -0.820. The van der Waals surface area contributed by atoms with Gasteiger partial charge in [0, 0.05) is 36.7 Å². The third-order valence-corrected chi connectivity index (χ3v) is 10.4. The van der Waals surface area contributed by atoms with Gasteiger partial charge in [-0.1, -0.05) is 24.6 Å². The van der Waals surface area contributed by atoms with Gasteiger partial charge in [0.1, 0.15) is 6.04 Å². The summed E-state index contributed by atoms with van der Waals surface area (Å²) in [4.78, 5) is 43.1. The van der Waals surface area contributed by atoms with Crippen LogP contribution in [-0.4, -0.2) is 86.8 Å². The van der Waals surface area contributed by atoms with Crippen molar-refractivity contribution in [2.75, 3.05) is 32.7 Å². The van der Waals surface area contributed by atoms with Gasteiger partial charge in [-0.25, -0.2) is 5.10 Å². The van der Waals surface area contributed by atoms with Gasteiger partial charge < -0.3 is 15.1 Å². The van der Waals surface area contributed by atoms with E-state index in [1.807, 2.05) is 29.2 Å². The van der Waals surface area contributed by atoms with Crippen molar-refractivity contribution >= 4 is 17.6 Å². The number of carbonyl (C=O) groups is 3. The molecule has 3 fully saturated rings. The van der Waals surface area contributed by atoms with Crippen molar-refractivity contribution in [3.05, 3.63) is 75.6 Å². The molecular formula is C34H38N8O3. The summed E-state index contributed by atoms with van der Waals surface area (Å²) >= 11 is 0. The monoisotopic (exact) mass is 606 g/mol. The van der Waals surface area contributed by atoms with Crippen LogP contribution >= 0.6 is 0 Å². The zero-order chi connectivity index (χ0) is 31.0. The number of hydrogen-bond donors (Lipinski definition) is 2. The van der Waals surface area contributed by atoms with Gasteiger partial charge in [-0.3, -0.25) is 14.4 Å². The van der Waals surface area contributed by atoms with Crippen LogP contribution in [0.15, 0.2) is 36.4 Å². The molecule has 11 nitrogen and oxygen atoms in total. The predicted octanol–water partition coefficient (Wildman–Crippen LogP) is 2.96. The fraction of sp³-hybridized carbons (Fsp3) is 0.500. The number of hydrogen-bond acceptors (Lipinski definition) is 8.